The average molecular weight is 687 g/mol. The molecule has 0 radical (unpaired) electrons. The van der Waals surface area contributed by atoms with E-state index in [9.17, 15) is 28.8 Å². The van der Waals surface area contributed by atoms with Gasteiger partial charge in [0.15, 0.2) is 24.1 Å². The maximum atomic E-state index is 13.6. The van der Waals surface area contributed by atoms with Gasteiger partial charge in [0.2, 0.25) is 0 Å². The Bertz CT molecular complexity index is 1520. The second kappa shape index (κ2) is 14.6. The number of nitrogens with zero attached hydrogens (tertiary/aromatic N) is 1. The lowest BCUT2D eigenvalue weighted by molar-refractivity contribution is -0.252. The molecule has 238 valence electrons. The Hall–Kier alpha value is -4.36. The van der Waals surface area contributed by atoms with Gasteiger partial charge in [0, 0.05) is 44.2 Å². The van der Waals surface area contributed by atoms with E-state index >= 15 is 0 Å². The number of hydrogen-bond acceptors (Lipinski definition) is 11. The van der Waals surface area contributed by atoms with Gasteiger partial charge in [-0.25, -0.2) is 0 Å². The standard InChI is InChI=1S/C32H32BrNO11/c1-17(35)41-16-28-30(43-19(3)37)31(44-20(4)38)29(42-18(2)36)27(45-28)14-23(39)13-25-24-7-5-6-8-26(24)34(32(25)40)15-21-9-11-22(33)12-10-21/h5-13,27-31H,14-16H2,1-4H3/b25-13-/t27-,28+,29-,30+,31+/m0/s1. The van der Waals surface area contributed by atoms with E-state index in [1.807, 2.05) is 24.3 Å². The molecule has 13 heteroatoms. The summed E-state index contributed by atoms with van der Waals surface area (Å²) in [6.07, 6.45) is -5.76. The number of para-hydroxylation sites is 1. The van der Waals surface area contributed by atoms with Gasteiger partial charge in [0.1, 0.15) is 18.8 Å². The number of allylic oxidation sites excluding steroid dienone is 1. The fourth-order valence-corrected chi connectivity index (χ4v) is 5.54. The Morgan fingerprint density at radius 2 is 1.38 bits per heavy atom. The normalized spacial score (nSPS) is 23.2. The highest BCUT2D eigenvalue weighted by atomic mass is 79.9. The monoisotopic (exact) mass is 685 g/mol. The maximum Gasteiger partial charge on any atom is 0.303 e. The second-order valence-corrected chi connectivity index (χ2v) is 11.4. The number of carbonyl (C=O) groups is 6. The van der Waals surface area contributed by atoms with Gasteiger partial charge in [-0.3, -0.25) is 28.8 Å². The summed E-state index contributed by atoms with van der Waals surface area (Å²) in [5, 5.41) is 0. The number of ketones is 1. The van der Waals surface area contributed by atoms with E-state index in [-0.39, 0.29) is 18.0 Å². The van der Waals surface area contributed by atoms with Crippen LogP contribution in [0.15, 0.2) is 59.1 Å². The summed E-state index contributed by atoms with van der Waals surface area (Å²) >= 11 is 3.40. The minimum absolute atomic E-state index is 0.165. The number of halogens is 1. The zero-order valence-electron chi connectivity index (χ0n) is 25.0. The highest BCUT2D eigenvalue weighted by Crippen LogP contribution is 2.38. The summed E-state index contributed by atoms with van der Waals surface area (Å²) in [5.41, 5.74) is 2.25. The van der Waals surface area contributed by atoms with Crippen LogP contribution in [-0.2, 0) is 59.0 Å². The van der Waals surface area contributed by atoms with Gasteiger partial charge in [-0.05, 0) is 29.8 Å². The van der Waals surface area contributed by atoms with E-state index in [4.69, 9.17) is 23.7 Å². The molecule has 0 saturated carbocycles. The molecule has 0 bridgehead atoms. The lowest BCUT2D eigenvalue weighted by Gasteiger charge is -2.44. The smallest absolute Gasteiger partial charge is 0.303 e. The second-order valence-electron chi connectivity index (χ2n) is 10.5. The molecule has 2 aromatic carbocycles. The van der Waals surface area contributed by atoms with Crippen molar-refractivity contribution in [3.8, 4) is 0 Å². The Morgan fingerprint density at radius 3 is 1.98 bits per heavy atom. The van der Waals surface area contributed by atoms with Gasteiger partial charge in [-0.15, -0.1) is 0 Å². The highest BCUT2D eigenvalue weighted by molar-refractivity contribution is 9.10. The van der Waals surface area contributed by atoms with Crippen molar-refractivity contribution in [2.75, 3.05) is 11.5 Å². The van der Waals surface area contributed by atoms with Crippen molar-refractivity contribution in [3.05, 3.63) is 70.2 Å². The van der Waals surface area contributed by atoms with Crippen LogP contribution in [0, 0.1) is 0 Å². The van der Waals surface area contributed by atoms with Crippen LogP contribution in [0.25, 0.3) is 5.57 Å². The molecule has 0 aliphatic carbocycles. The predicted octanol–water partition coefficient (Wildman–Crippen LogP) is 3.46. The van der Waals surface area contributed by atoms with E-state index in [1.165, 1.54) is 13.0 Å². The third kappa shape index (κ3) is 8.43. The first-order chi connectivity index (χ1) is 21.3. The van der Waals surface area contributed by atoms with Crippen molar-refractivity contribution in [3.63, 3.8) is 0 Å². The number of rotatable bonds is 10. The van der Waals surface area contributed by atoms with E-state index in [0.717, 1.165) is 30.8 Å². The third-order valence-electron chi connectivity index (χ3n) is 7.01. The number of amides is 1. The molecule has 2 aromatic rings. The van der Waals surface area contributed by atoms with Gasteiger partial charge in [0.25, 0.3) is 5.91 Å². The molecule has 0 aromatic heterocycles. The van der Waals surface area contributed by atoms with Crippen molar-refractivity contribution in [2.24, 2.45) is 0 Å². The van der Waals surface area contributed by atoms with Gasteiger partial charge in [-0.2, -0.15) is 0 Å². The molecule has 4 rings (SSSR count). The van der Waals surface area contributed by atoms with Crippen LogP contribution >= 0.6 is 15.9 Å². The number of anilines is 1. The first-order valence-corrected chi connectivity index (χ1v) is 14.8. The number of esters is 4. The van der Waals surface area contributed by atoms with Crippen molar-refractivity contribution < 1.29 is 52.5 Å². The lowest BCUT2D eigenvalue weighted by atomic mass is 9.91. The summed E-state index contributed by atoms with van der Waals surface area (Å²) in [7, 11) is 0. The average Bonchev–Trinajstić information content (AvgIpc) is 3.21. The Labute approximate surface area is 267 Å². The van der Waals surface area contributed by atoms with Crippen molar-refractivity contribution >= 4 is 62.8 Å². The first kappa shape index (κ1) is 33.5. The third-order valence-corrected chi connectivity index (χ3v) is 7.54. The number of fused-ring (bicyclic) bond motifs is 1. The summed E-state index contributed by atoms with van der Waals surface area (Å²) < 4.78 is 28.3. The van der Waals surface area contributed by atoms with Crippen LogP contribution in [0.3, 0.4) is 0 Å². The fraction of sp³-hybridized carbons (Fsp3) is 0.375. The van der Waals surface area contributed by atoms with Crippen LogP contribution in [0.2, 0.25) is 0 Å². The van der Waals surface area contributed by atoms with E-state index < -0.39 is 73.2 Å². The van der Waals surface area contributed by atoms with Crippen LogP contribution in [0.5, 0.6) is 0 Å². The first-order valence-electron chi connectivity index (χ1n) is 14.0. The van der Waals surface area contributed by atoms with Crippen LogP contribution in [0.1, 0.15) is 45.2 Å². The quantitative estimate of drug-likeness (QED) is 0.205. The molecule has 1 saturated heterocycles. The fourth-order valence-electron chi connectivity index (χ4n) is 5.28. The van der Waals surface area contributed by atoms with Crippen LogP contribution in [0.4, 0.5) is 5.69 Å². The van der Waals surface area contributed by atoms with E-state index in [2.05, 4.69) is 15.9 Å². The highest BCUT2D eigenvalue weighted by Gasteiger charge is 2.52. The van der Waals surface area contributed by atoms with Gasteiger partial charge in [-0.1, -0.05) is 46.3 Å². The van der Waals surface area contributed by atoms with Gasteiger partial charge >= 0.3 is 23.9 Å². The van der Waals surface area contributed by atoms with Crippen LogP contribution < -0.4 is 4.90 Å². The van der Waals surface area contributed by atoms with Crippen molar-refractivity contribution in [1.29, 1.82) is 0 Å². The van der Waals surface area contributed by atoms with Crippen molar-refractivity contribution in [2.45, 2.75) is 71.2 Å². The number of hydrogen-bond donors (Lipinski definition) is 0. The molecule has 0 unspecified atom stereocenters. The van der Waals surface area contributed by atoms with E-state index in [1.54, 1.807) is 29.2 Å². The maximum absolute atomic E-state index is 13.6. The number of carbonyl (C=O) groups excluding carboxylic acids is 6. The SMILES string of the molecule is CC(=O)OC[C@H]1O[C@@H](CC(=O)/C=C2\C(=O)N(Cc3ccc(Br)cc3)c3ccccc32)[C@H](OC(C)=O)[C@@H](OC(C)=O)[C@@H]1OC(C)=O. The minimum atomic E-state index is -1.40. The lowest BCUT2D eigenvalue weighted by Crippen LogP contribution is -2.62. The summed E-state index contributed by atoms with van der Waals surface area (Å²) in [6.45, 7) is 4.37. The molecule has 2 heterocycles. The molecule has 0 N–H and O–H groups in total. The van der Waals surface area contributed by atoms with Crippen molar-refractivity contribution in [1.82, 2.24) is 0 Å². The molecular formula is C32H32BrNO11. The summed E-state index contributed by atoms with van der Waals surface area (Å²) in [4.78, 5) is 76.5. The molecule has 45 heavy (non-hydrogen) atoms. The molecule has 2 aliphatic rings. The molecule has 2 aliphatic heterocycles. The largest absolute Gasteiger partial charge is 0.463 e. The Kier molecular flexibility index (Phi) is 10.9. The van der Waals surface area contributed by atoms with Gasteiger partial charge in [0.05, 0.1) is 17.8 Å². The van der Waals surface area contributed by atoms with E-state index in [0.29, 0.717) is 11.3 Å². The molecule has 12 nitrogen and oxygen atoms in total. The molecular weight excluding hydrogens is 654 g/mol. The predicted molar refractivity (Wildman–Crippen MR) is 161 cm³/mol. The zero-order valence-corrected chi connectivity index (χ0v) is 26.6. The topological polar surface area (TPSA) is 152 Å². The van der Waals surface area contributed by atoms with Gasteiger partial charge < -0.3 is 28.6 Å². The minimum Gasteiger partial charge on any atom is -0.463 e. The molecule has 5 atom stereocenters. The molecule has 0 spiro atoms. The number of ether oxygens (including phenoxy) is 5. The van der Waals surface area contributed by atoms with Crippen LogP contribution in [-0.4, -0.2) is 72.7 Å². The summed E-state index contributed by atoms with van der Waals surface area (Å²) in [5.74, 6) is -3.92. The molecule has 1 fully saturated rings. The Morgan fingerprint density at radius 1 is 0.800 bits per heavy atom. The summed E-state index contributed by atoms with van der Waals surface area (Å²) in [6, 6.07) is 14.6. The Balaban J connectivity index is 1.65. The molecule has 1 amide bonds. The zero-order chi connectivity index (χ0) is 32.8. The number of benzene rings is 2.